The van der Waals surface area contributed by atoms with Crippen LogP contribution in [0, 0.1) is 0 Å². The minimum atomic E-state index is -1.04. The molecule has 0 unspecified atom stereocenters. The van der Waals surface area contributed by atoms with Crippen LogP contribution in [-0.4, -0.2) is 40.8 Å². The molecule has 0 amide bonds. The van der Waals surface area contributed by atoms with E-state index in [1.807, 2.05) is 6.92 Å². The molecule has 90 valence electrons. The highest BCUT2D eigenvalue weighted by Crippen LogP contribution is 2.13. The Balaban J connectivity index is 2.62. The fourth-order valence-corrected chi connectivity index (χ4v) is 1.53. The van der Waals surface area contributed by atoms with Crippen molar-refractivity contribution in [1.29, 1.82) is 0 Å². The number of rotatable bonds is 7. The highest BCUT2D eigenvalue weighted by molar-refractivity contribution is 5.86. The molecule has 2 N–H and O–H groups in total. The largest absolute Gasteiger partial charge is 0.475 e. The van der Waals surface area contributed by atoms with Crippen molar-refractivity contribution in [2.24, 2.45) is 0 Å². The molecule has 0 fully saturated rings. The Morgan fingerprint density at radius 2 is 2.31 bits per heavy atom. The maximum absolute atomic E-state index is 10.8. The molecule has 1 aromatic rings. The minimum Gasteiger partial charge on any atom is -0.475 e. The average Bonchev–Trinajstić information content (AvgIpc) is 2.72. The second-order valence-corrected chi connectivity index (χ2v) is 3.53. The van der Waals surface area contributed by atoms with E-state index in [9.17, 15) is 4.79 Å². The summed E-state index contributed by atoms with van der Waals surface area (Å²) in [7, 11) is 0. The lowest BCUT2D eigenvalue weighted by molar-refractivity contribution is 0.0659. The number of nitrogens with zero attached hydrogens (tertiary/aromatic N) is 1. The van der Waals surface area contributed by atoms with Gasteiger partial charge in [0.15, 0.2) is 0 Å². The van der Waals surface area contributed by atoms with Gasteiger partial charge in [0.05, 0.1) is 6.26 Å². The van der Waals surface area contributed by atoms with Gasteiger partial charge in [-0.1, -0.05) is 6.92 Å². The van der Waals surface area contributed by atoms with Gasteiger partial charge in [0.25, 0.3) is 0 Å². The van der Waals surface area contributed by atoms with Crippen LogP contribution in [0.25, 0.3) is 0 Å². The summed E-state index contributed by atoms with van der Waals surface area (Å²) in [5.41, 5.74) is 0.673. The van der Waals surface area contributed by atoms with Crippen molar-refractivity contribution in [3.05, 3.63) is 23.7 Å². The van der Waals surface area contributed by atoms with Crippen molar-refractivity contribution >= 4 is 5.97 Å². The first-order chi connectivity index (χ1) is 7.69. The molecule has 5 heteroatoms. The maximum Gasteiger partial charge on any atom is 0.372 e. The van der Waals surface area contributed by atoms with Crippen molar-refractivity contribution in [1.82, 2.24) is 4.90 Å². The predicted molar refractivity (Wildman–Crippen MR) is 58.3 cm³/mol. The molecular formula is C11H17NO4. The molecular weight excluding hydrogens is 210 g/mol. The van der Waals surface area contributed by atoms with Crippen molar-refractivity contribution in [2.75, 3.05) is 19.7 Å². The summed E-state index contributed by atoms with van der Waals surface area (Å²) in [5.74, 6) is -1.04. The summed E-state index contributed by atoms with van der Waals surface area (Å²) in [6, 6.07) is 1.67. The third-order valence-electron chi connectivity index (χ3n) is 2.41. The van der Waals surface area contributed by atoms with Gasteiger partial charge in [-0.2, -0.15) is 0 Å². The van der Waals surface area contributed by atoms with Gasteiger partial charge in [0, 0.05) is 25.3 Å². The summed E-state index contributed by atoms with van der Waals surface area (Å²) in [6.45, 7) is 4.24. The van der Waals surface area contributed by atoms with E-state index < -0.39 is 5.97 Å². The molecule has 0 aromatic carbocycles. The van der Waals surface area contributed by atoms with E-state index in [1.54, 1.807) is 6.07 Å². The molecule has 0 aliphatic carbocycles. The third-order valence-corrected chi connectivity index (χ3v) is 2.41. The number of aromatic carboxylic acids is 1. The second-order valence-electron chi connectivity index (χ2n) is 3.53. The molecule has 0 saturated heterocycles. The SMILES string of the molecule is CCN(CCCO)Cc1ccoc1C(=O)O. The number of carbonyl (C=O) groups is 1. The Hall–Kier alpha value is -1.33. The maximum atomic E-state index is 10.8. The first-order valence-electron chi connectivity index (χ1n) is 5.32. The fourth-order valence-electron chi connectivity index (χ4n) is 1.53. The average molecular weight is 227 g/mol. The minimum absolute atomic E-state index is 0.00227. The predicted octanol–water partition coefficient (Wildman–Crippen LogP) is 1.18. The number of hydrogen-bond acceptors (Lipinski definition) is 4. The van der Waals surface area contributed by atoms with E-state index in [-0.39, 0.29) is 12.4 Å². The molecule has 1 heterocycles. The molecule has 0 atom stereocenters. The van der Waals surface area contributed by atoms with Crippen molar-refractivity contribution in [3.63, 3.8) is 0 Å². The van der Waals surface area contributed by atoms with Gasteiger partial charge in [0.2, 0.25) is 5.76 Å². The molecule has 0 spiro atoms. The Labute approximate surface area is 94.3 Å². The molecule has 0 aliphatic rings. The van der Waals surface area contributed by atoms with Gasteiger partial charge in [-0.05, 0) is 19.0 Å². The molecule has 1 rings (SSSR count). The summed E-state index contributed by atoms with van der Waals surface area (Å²) in [5, 5.41) is 17.6. The summed E-state index contributed by atoms with van der Waals surface area (Å²) < 4.78 is 4.90. The van der Waals surface area contributed by atoms with Crippen LogP contribution >= 0.6 is 0 Å². The van der Waals surface area contributed by atoms with E-state index in [1.165, 1.54) is 6.26 Å². The standard InChI is InChI=1S/C11H17NO4/c1-2-12(5-3-6-13)8-9-4-7-16-10(9)11(14)15/h4,7,13H,2-3,5-6,8H2,1H3,(H,14,15). The van der Waals surface area contributed by atoms with Crippen LogP contribution in [0.4, 0.5) is 0 Å². The lowest BCUT2D eigenvalue weighted by Gasteiger charge is -2.19. The molecule has 0 bridgehead atoms. The number of furan rings is 1. The molecule has 5 nitrogen and oxygen atoms in total. The summed E-state index contributed by atoms with van der Waals surface area (Å²) >= 11 is 0. The zero-order valence-corrected chi connectivity index (χ0v) is 9.35. The lowest BCUT2D eigenvalue weighted by Crippen LogP contribution is -2.25. The van der Waals surface area contributed by atoms with Gasteiger partial charge >= 0.3 is 5.97 Å². The van der Waals surface area contributed by atoms with Crippen molar-refractivity contribution < 1.29 is 19.4 Å². The van der Waals surface area contributed by atoms with Crippen LogP contribution in [0.1, 0.15) is 29.5 Å². The summed E-state index contributed by atoms with van der Waals surface area (Å²) in [4.78, 5) is 12.9. The number of carboxylic acid groups (broad SMARTS) is 1. The van der Waals surface area contributed by atoms with E-state index in [4.69, 9.17) is 14.6 Å². The number of carboxylic acids is 1. The van der Waals surface area contributed by atoms with E-state index in [0.29, 0.717) is 18.5 Å². The van der Waals surface area contributed by atoms with E-state index in [0.717, 1.165) is 13.1 Å². The van der Waals surface area contributed by atoms with Gasteiger partial charge < -0.3 is 14.6 Å². The molecule has 0 radical (unpaired) electrons. The Bertz CT molecular complexity index is 334. The monoisotopic (exact) mass is 227 g/mol. The highest BCUT2D eigenvalue weighted by atomic mass is 16.4. The third kappa shape index (κ3) is 3.36. The number of aliphatic hydroxyl groups excluding tert-OH is 1. The van der Waals surface area contributed by atoms with Crippen LogP contribution in [0.15, 0.2) is 16.7 Å². The zero-order chi connectivity index (χ0) is 12.0. The van der Waals surface area contributed by atoms with E-state index >= 15 is 0 Å². The normalized spacial score (nSPS) is 10.9. The van der Waals surface area contributed by atoms with Crippen LogP contribution < -0.4 is 0 Å². The molecule has 16 heavy (non-hydrogen) atoms. The first-order valence-corrected chi connectivity index (χ1v) is 5.32. The Kier molecular flexibility index (Phi) is 5.01. The first kappa shape index (κ1) is 12.7. The number of aliphatic hydroxyl groups is 1. The van der Waals surface area contributed by atoms with Crippen LogP contribution in [0.5, 0.6) is 0 Å². The van der Waals surface area contributed by atoms with Crippen LogP contribution in [-0.2, 0) is 6.54 Å². The zero-order valence-electron chi connectivity index (χ0n) is 9.35. The lowest BCUT2D eigenvalue weighted by atomic mass is 10.2. The molecule has 0 saturated carbocycles. The van der Waals surface area contributed by atoms with Crippen LogP contribution in [0.2, 0.25) is 0 Å². The van der Waals surface area contributed by atoms with Gasteiger partial charge in [-0.3, -0.25) is 4.90 Å². The number of hydrogen-bond donors (Lipinski definition) is 2. The fraction of sp³-hybridized carbons (Fsp3) is 0.545. The van der Waals surface area contributed by atoms with Crippen LogP contribution in [0.3, 0.4) is 0 Å². The smallest absolute Gasteiger partial charge is 0.372 e. The highest BCUT2D eigenvalue weighted by Gasteiger charge is 2.15. The van der Waals surface area contributed by atoms with Crippen molar-refractivity contribution in [3.8, 4) is 0 Å². The topological polar surface area (TPSA) is 73.9 Å². The van der Waals surface area contributed by atoms with Gasteiger partial charge in [0.1, 0.15) is 0 Å². The van der Waals surface area contributed by atoms with Crippen molar-refractivity contribution in [2.45, 2.75) is 19.9 Å². The van der Waals surface area contributed by atoms with Gasteiger partial charge in [-0.25, -0.2) is 4.79 Å². The van der Waals surface area contributed by atoms with Gasteiger partial charge in [-0.15, -0.1) is 0 Å². The Morgan fingerprint density at radius 1 is 1.56 bits per heavy atom. The molecule has 0 aliphatic heterocycles. The molecule has 1 aromatic heterocycles. The Morgan fingerprint density at radius 3 is 2.88 bits per heavy atom. The van der Waals surface area contributed by atoms with E-state index in [2.05, 4.69) is 4.90 Å². The second kappa shape index (κ2) is 6.30. The quantitative estimate of drug-likeness (QED) is 0.731. The summed E-state index contributed by atoms with van der Waals surface area (Å²) in [6.07, 6.45) is 2.08.